The van der Waals surface area contributed by atoms with Gasteiger partial charge in [0.1, 0.15) is 6.04 Å². The van der Waals surface area contributed by atoms with Crippen LogP contribution in [0.3, 0.4) is 0 Å². The van der Waals surface area contributed by atoms with E-state index in [1.165, 1.54) is 23.6 Å². The van der Waals surface area contributed by atoms with Crippen LogP contribution in [0, 0.1) is 5.92 Å². The SMILES string of the molecule is CC(=O)S[C@@H](C(=O)c1ccccc1)[C@@H](C)C(=O)N1CSC[C@H]1C(=O)O. The van der Waals surface area contributed by atoms with E-state index in [0.717, 1.165) is 11.8 Å². The van der Waals surface area contributed by atoms with Gasteiger partial charge in [-0.15, -0.1) is 11.8 Å². The lowest BCUT2D eigenvalue weighted by Gasteiger charge is -2.27. The average molecular weight is 381 g/mol. The van der Waals surface area contributed by atoms with E-state index >= 15 is 0 Å². The Hall–Kier alpha value is -1.80. The van der Waals surface area contributed by atoms with Crippen molar-refractivity contribution in [2.45, 2.75) is 25.1 Å². The van der Waals surface area contributed by atoms with E-state index in [1.807, 2.05) is 0 Å². The number of amides is 1. The van der Waals surface area contributed by atoms with E-state index in [9.17, 15) is 24.3 Å². The normalized spacial score (nSPS) is 19.3. The molecular weight excluding hydrogens is 362 g/mol. The number of rotatable bonds is 6. The number of hydrogen-bond donors (Lipinski definition) is 1. The molecule has 8 heteroatoms. The second kappa shape index (κ2) is 8.53. The zero-order valence-corrected chi connectivity index (χ0v) is 15.5. The number of hydrogen-bond acceptors (Lipinski definition) is 6. The van der Waals surface area contributed by atoms with Gasteiger partial charge in [-0.05, 0) is 0 Å². The lowest BCUT2D eigenvalue weighted by Crippen LogP contribution is -2.47. The molecule has 1 heterocycles. The molecule has 25 heavy (non-hydrogen) atoms. The first-order valence-electron chi connectivity index (χ1n) is 7.70. The molecule has 0 aromatic heterocycles. The number of carboxylic acid groups (broad SMARTS) is 1. The van der Waals surface area contributed by atoms with Gasteiger partial charge in [0.15, 0.2) is 10.9 Å². The molecule has 1 saturated heterocycles. The van der Waals surface area contributed by atoms with Crippen molar-refractivity contribution in [3.8, 4) is 0 Å². The molecule has 0 aliphatic carbocycles. The average Bonchev–Trinajstić information content (AvgIpc) is 3.08. The van der Waals surface area contributed by atoms with Gasteiger partial charge >= 0.3 is 5.97 Å². The molecule has 1 fully saturated rings. The van der Waals surface area contributed by atoms with Gasteiger partial charge in [0.05, 0.1) is 17.0 Å². The summed E-state index contributed by atoms with van der Waals surface area (Å²) in [5.41, 5.74) is 0.423. The van der Waals surface area contributed by atoms with Crippen molar-refractivity contribution in [2.24, 2.45) is 5.92 Å². The molecular formula is C17H19NO5S2. The summed E-state index contributed by atoms with van der Waals surface area (Å²) in [6.45, 7) is 2.92. The number of Topliss-reactive ketones (excluding diaryl/α,β-unsaturated/α-hetero) is 1. The van der Waals surface area contributed by atoms with E-state index in [4.69, 9.17) is 0 Å². The molecule has 1 aromatic carbocycles. The Morgan fingerprint density at radius 3 is 2.44 bits per heavy atom. The van der Waals surface area contributed by atoms with Crippen molar-refractivity contribution < 1.29 is 24.3 Å². The molecule has 0 radical (unpaired) electrons. The summed E-state index contributed by atoms with van der Waals surface area (Å²) in [7, 11) is 0. The number of carbonyl (C=O) groups is 4. The molecule has 2 rings (SSSR count). The molecule has 0 bridgehead atoms. The maximum absolute atomic E-state index is 12.8. The Morgan fingerprint density at radius 2 is 1.88 bits per heavy atom. The summed E-state index contributed by atoms with van der Waals surface area (Å²) in [4.78, 5) is 49.8. The molecule has 6 nitrogen and oxygen atoms in total. The molecule has 1 amide bonds. The van der Waals surface area contributed by atoms with Gasteiger partial charge in [0.2, 0.25) is 5.91 Å². The maximum Gasteiger partial charge on any atom is 0.327 e. The first-order valence-corrected chi connectivity index (χ1v) is 9.74. The minimum absolute atomic E-state index is 0.264. The van der Waals surface area contributed by atoms with Crippen LogP contribution in [-0.4, -0.2) is 55.7 Å². The smallest absolute Gasteiger partial charge is 0.327 e. The maximum atomic E-state index is 12.8. The first-order chi connectivity index (χ1) is 11.8. The predicted molar refractivity (Wildman–Crippen MR) is 97.6 cm³/mol. The van der Waals surface area contributed by atoms with Gasteiger partial charge in [-0.3, -0.25) is 14.4 Å². The van der Waals surface area contributed by atoms with Gasteiger partial charge in [0, 0.05) is 18.2 Å². The van der Waals surface area contributed by atoms with Crippen LogP contribution in [-0.2, 0) is 14.4 Å². The van der Waals surface area contributed by atoms with Crippen LogP contribution in [0.15, 0.2) is 30.3 Å². The molecule has 1 aromatic rings. The van der Waals surface area contributed by atoms with Crippen molar-refractivity contribution in [3.05, 3.63) is 35.9 Å². The van der Waals surface area contributed by atoms with Gasteiger partial charge < -0.3 is 10.0 Å². The number of carboxylic acids is 1. The molecule has 0 spiro atoms. The minimum Gasteiger partial charge on any atom is -0.480 e. The number of aliphatic carboxylic acids is 1. The molecule has 0 saturated carbocycles. The summed E-state index contributed by atoms with van der Waals surface area (Å²) in [6, 6.07) is 7.59. The molecule has 0 unspecified atom stereocenters. The van der Waals surface area contributed by atoms with E-state index in [1.54, 1.807) is 37.3 Å². The molecule has 1 aliphatic heterocycles. The fourth-order valence-electron chi connectivity index (χ4n) is 2.58. The predicted octanol–water partition coefficient (Wildman–Crippen LogP) is 2.14. The molecule has 134 valence electrons. The van der Waals surface area contributed by atoms with E-state index in [-0.39, 0.29) is 16.8 Å². The van der Waals surface area contributed by atoms with E-state index in [2.05, 4.69) is 0 Å². The highest BCUT2D eigenvalue weighted by Gasteiger charge is 2.41. The second-order valence-electron chi connectivity index (χ2n) is 5.71. The summed E-state index contributed by atoms with van der Waals surface area (Å²) in [5.74, 6) is -1.99. The van der Waals surface area contributed by atoms with Crippen LogP contribution in [0.1, 0.15) is 24.2 Å². The van der Waals surface area contributed by atoms with Crippen molar-refractivity contribution in [1.29, 1.82) is 0 Å². The van der Waals surface area contributed by atoms with E-state index in [0.29, 0.717) is 11.3 Å². The molecule has 3 atom stereocenters. The third-order valence-electron chi connectivity index (χ3n) is 3.90. The summed E-state index contributed by atoms with van der Waals surface area (Å²) in [5, 5.41) is 8.11. The number of carbonyl (C=O) groups excluding carboxylic acids is 3. The van der Waals surface area contributed by atoms with Gasteiger partial charge in [-0.2, -0.15) is 0 Å². The Morgan fingerprint density at radius 1 is 1.24 bits per heavy atom. The largest absolute Gasteiger partial charge is 0.480 e. The monoisotopic (exact) mass is 381 g/mol. The Balaban J connectivity index is 2.24. The Labute approximate surface area is 154 Å². The third kappa shape index (κ3) is 4.64. The van der Waals surface area contributed by atoms with E-state index < -0.39 is 29.1 Å². The number of benzene rings is 1. The highest BCUT2D eigenvalue weighted by molar-refractivity contribution is 8.14. The molecule has 1 aliphatic rings. The summed E-state index contributed by atoms with van der Waals surface area (Å²) >= 11 is 2.18. The Kier molecular flexibility index (Phi) is 6.66. The lowest BCUT2D eigenvalue weighted by molar-refractivity contribution is -0.149. The van der Waals surface area contributed by atoms with Crippen molar-refractivity contribution in [2.75, 3.05) is 11.6 Å². The second-order valence-corrected chi connectivity index (χ2v) is 8.03. The van der Waals surface area contributed by atoms with Gasteiger partial charge in [-0.1, -0.05) is 49.0 Å². The summed E-state index contributed by atoms with van der Waals surface area (Å²) < 4.78 is 0. The van der Waals surface area contributed by atoms with Crippen LogP contribution in [0.2, 0.25) is 0 Å². The highest BCUT2D eigenvalue weighted by atomic mass is 32.2. The highest BCUT2D eigenvalue weighted by Crippen LogP contribution is 2.30. The van der Waals surface area contributed by atoms with Gasteiger partial charge in [0.25, 0.3) is 0 Å². The number of ketones is 1. The Bertz CT molecular complexity index is 679. The van der Waals surface area contributed by atoms with Crippen molar-refractivity contribution in [3.63, 3.8) is 0 Å². The minimum atomic E-state index is -1.06. The molecule has 1 N–H and O–H groups in total. The number of nitrogens with zero attached hydrogens (tertiary/aromatic N) is 1. The summed E-state index contributed by atoms with van der Waals surface area (Å²) in [6.07, 6.45) is 0. The fourth-order valence-corrected chi connectivity index (χ4v) is 4.66. The zero-order valence-electron chi connectivity index (χ0n) is 13.9. The number of thioether (sulfide) groups is 2. The van der Waals surface area contributed by atoms with Crippen LogP contribution in [0.4, 0.5) is 0 Å². The quantitative estimate of drug-likeness (QED) is 0.755. The topological polar surface area (TPSA) is 91.8 Å². The third-order valence-corrected chi connectivity index (χ3v) is 6.12. The standard InChI is InChI=1S/C17H19NO5S2/c1-10(16(21)18-9-24-8-13(18)17(22)23)15(25-11(2)19)14(20)12-6-4-3-5-7-12/h3-7,10,13,15H,8-9H2,1-2H3,(H,22,23)/t10-,13+,15-/m1/s1. The van der Waals surface area contributed by atoms with Crippen LogP contribution < -0.4 is 0 Å². The first kappa shape index (κ1) is 19.5. The van der Waals surface area contributed by atoms with Crippen LogP contribution in [0.5, 0.6) is 0 Å². The van der Waals surface area contributed by atoms with Crippen LogP contribution >= 0.6 is 23.5 Å². The zero-order chi connectivity index (χ0) is 18.6. The van der Waals surface area contributed by atoms with Crippen molar-refractivity contribution in [1.82, 2.24) is 4.90 Å². The van der Waals surface area contributed by atoms with Gasteiger partial charge in [-0.25, -0.2) is 4.79 Å². The van der Waals surface area contributed by atoms with Crippen molar-refractivity contribution >= 4 is 46.3 Å². The van der Waals surface area contributed by atoms with Crippen LogP contribution in [0.25, 0.3) is 0 Å². The fraction of sp³-hybridized carbons (Fsp3) is 0.412. The lowest BCUT2D eigenvalue weighted by atomic mass is 9.97.